The van der Waals surface area contributed by atoms with E-state index in [0.717, 1.165) is 6.54 Å². The van der Waals surface area contributed by atoms with E-state index in [1.165, 1.54) is 0 Å². The third kappa shape index (κ3) is 4.29. The number of hydrogen-bond acceptors (Lipinski definition) is 5. The molecule has 0 saturated carbocycles. The van der Waals surface area contributed by atoms with E-state index in [-0.39, 0.29) is 6.10 Å². The summed E-state index contributed by atoms with van der Waals surface area (Å²) in [5, 5.41) is 3.10. The fraction of sp³-hybridized carbons (Fsp3) is 0.500. The first-order valence-corrected chi connectivity index (χ1v) is 5.43. The number of rotatable bonds is 6. The molecule has 0 spiro atoms. The zero-order chi connectivity index (χ0) is 12.7. The maximum atomic E-state index is 5.45. The molecule has 1 atom stereocenters. The van der Waals surface area contributed by atoms with Crippen LogP contribution in [-0.2, 0) is 11.3 Å². The van der Waals surface area contributed by atoms with Crippen LogP contribution >= 0.6 is 0 Å². The van der Waals surface area contributed by atoms with Gasteiger partial charge in [-0.25, -0.2) is 4.98 Å². The van der Waals surface area contributed by atoms with Crippen LogP contribution in [0, 0.1) is 12.3 Å². The van der Waals surface area contributed by atoms with Gasteiger partial charge in [0.25, 0.3) is 0 Å². The highest BCUT2D eigenvalue weighted by atomic mass is 16.5. The molecule has 0 aliphatic rings. The standard InChI is InChI=1S/C12H17N3O2/c1-5-9(3)17-12-7-10(13-6-2)14-11(15-12)8-16-4/h1,7,9H,6,8H2,2-4H3,(H,13,14,15). The Hall–Kier alpha value is -1.80. The van der Waals surface area contributed by atoms with Gasteiger partial charge in [-0.15, -0.1) is 6.42 Å². The molecule has 1 rings (SSSR count). The Morgan fingerprint density at radius 1 is 1.53 bits per heavy atom. The first-order chi connectivity index (χ1) is 8.19. The molecule has 92 valence electrons. The van der Waals surface area contributed by atoms with Crippen LogP contribution in [0.3, 0.4) is 0 Å². The molecular formula is C12H17N3O2. The van der Waals surface area contributed by atoms with E-state index in [9.17, 15) is 0 Å². The van der Waals surface area contributed by atoms with Gasteiger partial charge in [-0.1, -0.05) is 5.92 Å². The zero-order valence-corrected chi connectivity index (χ0v) is 10.4. The highest BCUT2D eigenvalue weighted by Crippen LogP contribution is 2.15. The molecule has 0 aliphatic heterocycles. The van der Waals surface area contributed by atoms with Gasteiger partial charge in [0.1, 0.15) is 12.4 Å². The molecule has 0 saturated heterocycles. The van der Waals surface area contributed by atoms with Gasteiger partial charge in [-0.05, 0) is 13.8 Å². The summed E-state index contributed by atoms with van der Waals surface area (Å²) in [6.07, 6.45) is 4.93. The maximum Gasteiger partial charge on any atom is 0.220 e. The number of terminal acetylenes is 1. The van der Waals surface area contributed by atoms with Crippen LogP contribution in [0.25, 0.3) is 0 Å². The Kier molecular flexibility index (Phi) is 5.24. The van der Waals surface area contributed by atoms with Crippen molar-refractivity contribution in [2.45, 2.75) is 26.6 Å². The van der Waals surface area contributed by atoms with Crippen molar-refractivity contribution in [1.82, 2.24) is 9.97 Å². The van der Waals surface area contributed by atoms with E-state index in [2.05, 4.69) is 21.2 Å². The van der Waals surface area contributed by atoms with Crippen LogP contribution in [0.15, 0.2) is 6.07 Å². The fourth-order valence-electron chi connectivity index (χ4n) is 1.21. The number of nitrogens with one attached hydrogen (secondary N) is 1. The minimum atomic E-state index is -0.324. The smallest absolute Gasteiger partial charge is 0.220 e. The van der Waals surface area contributed by atoms with Crippen molar-refractivity contribution in [3.8, 4) is 18.2 Å². The highest BCUT2D eigenvalue weighted by Gasteiger charge is 2.07. The maximum absolute atomic E-state index is 5.45. The molecule has 1 aromatic heterocycles. The van der Waals surface area contributed by atoms with E-state index >= 15 is 0 Å². The average molecular weight is 235 g/mol. The van der Waals surface area contributed by atoms with E-state index in [1.807, 2.05) is 6.92 Å². The predicted octanol–water partition coefficient (Wildman–Crippen LogP) is 1.46. The van der Waals surface area contributed by atoms with Crippen LogP contribution in [-0.4, -0.2) is 29.7 Å². The molecule has 0 radical (unpaired) electrons. The summed E-state index contributed by atoms with van der Waals surface area (Å²) in [7, 11) is 1.59. The van der Waals surface area contributed by atoms with Crippen molar-refractivity contribution < 1.29 is 9.47 Å². The molecular weight excluding hydrogens is 218 g/mol. The third-order valence-electron chi connectivity index (χ3n) is 1.91. The molecule has 1 N–H and O–H groups in total. The van der Waals surface area contributed by atoms with Crippen molar-refractivity contribution in [3.63, 3.8) is 0 Å². The Balaban J connectivity index is 2.91. The van der Waals surface area contributed by atoms with Crippen LogP contribution in [0.4, 0.5) is 5.82 Å². The number of methoxy groups -OCH3 is 1. The monoisotopic (exact) mass is 235 g/mol. The number of anilines is 1. The Morgan fingerprint density at radius 3 is 2.88 bits per heavy atom. The summed E-state index contributed by atoms with van der Waals surface area (Å²) in [5.41, 5.74) is 0. The SMILES string of the molecule is C#CC(C)Oc1cc(NCC)nc(COC)n1. The van der Waals surface area contributed by atoms with E-state index < -0.39 is 0 Å². The Morgan fingerprint density at radius 2 is 2.29 bits per heavy atom. The minimum Gasteiger partial charge on any atom is -0.461 e. The van der Waals surface area contributed by atoms with Crippen LogP contribution < -0.4 is 10.1 Å². The zero-order valence-electron chi connectivity index (χ0n) is 10.4. The molecule has 5 nitrogen and oxygen atoms in total. The van der Waals surface area contributed by atoms with Crippen molar-refractivity contribution in [2.75, 3.05) is 19.0 Å². The molecule has 0 fully saturated rings. The predicted molar refractivity (Wildman–Crippen MR) is 65.8 cm³/mol. The molecule has 0 aliphatic carbocycles. The number of hydrogen-bond donors (Lipinski definition) is 1. The van der Waals surface area contributed by atoms with E-state index in [4.69, 9.17) is 15.9 Å². The van der Waals surface area contributed by atoms with E-state index in [1.54, 1.807) is 20.1 Å². The summed E-state index contributed by atoms with van der Waals surface area (Å²) in [6.45, 7) is 4.88. The highest BCUT2D eigenvalue weighted by molar-refractivity contribution is 5.38. The van der Waals surface area contributed by atoms with Gasteiger partial charge < -0.3 is 14.8 Å². The van der Waals surface area contributed by atoms with Crippen LogP contribution in [0.1, 0.15) is 19.7 Å². The largest absolute Gasteiger partial charge is 0.461 e. The lowest BCUT2D eigenvalue weighted by atomic mass is 10.4. The summed E-state index contributed by atoms with van der Waals surface area (Å²) < 4.78 is 10.5. The van der Waals surface area contributed by atoms with Gasteiger partial charge >= 0.3 is 0 Å². The van der Waals surface area contributed by atoms with Gasteiger partial charge in [-0.2, -0.15) is 4.98 Å². The number of nitrogens with zero attached hydrogens (tertiary/aromatic N) is 2. The van der Waals surface area contributed by atoms with Gasteiger partial charge in [0, 0.05) is 19.7 Å². The van der Waals surface area contributed by atoms with Crippen molar-refractivity contribution in [2.24, 2.45) is 0 Å². The lowest BCUT2D eigenvalue weighted by molar-refractivity contribution is 0.175. The number of aromatic nitrogens is 2. The van der Waals surface area contributed by atoms with Crippen LogP contribution in [0.5, 0.6) is 5.88 Å². The third-order valence-corrected chi connectivity index (χ3v) is 1.91. The molecule has 5 heteroatoms. The second kappa shape index (κ2) is 6.71. The molecule has 1 heterocycles. The molecule has 17 heavy (non-hydrogen) atoms. The topological polar surface area (TPSA) is 56.3 Å². The fourth-order valence-corrected chi connectivity index (χ4v) is 1.21. The summed E-state index contributed by atoms with van der Waals surface area (Å²) >= 11 is 0. The Bertz CT molecular complexity index is 377. The second-order valence-corrected chi connectivity index (χ2v) is 3.40. The van der Waals surface area contributed by atoms with Crippen molar-refractivity contribution in [1.29, 1.82) is 0 Å². The molecule has 1 aromatic rings. The van der Waals surface area contributed by atoms with E-state index in [0.29, 0.717) is 24.1 Å². The number of ether oxygens (including phenoxy) is 2. The first kappa shape index (κ1) is 13.3. The van der Waals surface area contributed by atoms with Crippen molar-refractivity contribution >= 4 is 5.82 Å². The summed E-state index contributed by atoms with van der Waals surface area (Å²) in [6, 6.07) is 1.72. The lowest BCUT2D eigenvalue weighted by Crippen LogP contribution is -2.12. The average Bonchev–Trinajstić information content (AvgIpc) is 2.29. The lowest BCUT2D eigenvalue weighted by Gasteiger charge is -2.11. The summed E-state index contributed by atoms with van der Waals surface area (Å²) in [5.74, 6) is 4.20. The Labute approximate surface area is 102 Å². The summed E-state index contributed by atoms with van der Waals surface area (Å²) in [4.78, 5) is 8.47. The molecule has 0 amide bonds. The van der Waals surface area contributed by atoms with Gasteiger partial charge in [0.2, 0.25) is 5.88 Å². The quantitative estimate of drug-likeness (QED) is 0.756. The van der Waals surface area contributed by atoms with Gasteiger partial charge in [-0.3, -0.25) is 0 Å². The minimum absolute atomic E-state index is 0.324. The molecule has 1 unspecified atom stereocenters. The molecule has 0 aromatic carbocycles. The van der Waals surface area contributed by atoms with Gasteiger partial charge in [0.05, 0.1) is 0 Å². The molecule has 0 bridgehead atoms. The van der Waals surface area contributed by atoms with Crippen molar-refractivity contribution in [3.05, 3.63) is 11.9 Å². The first-order valence-electron chi connectivity index (χ1n) is 5.43. The second-order valence-electron chi connectivity index (χ2n) is 3.40. The van der Waals surface area contributed by atoms with Gasteiger partial charge in [0.15, 0.2) is 11.9 Å². The van der Waals surface area contributed by atoms with Crippen LogP contribution in [0.2, 0.25) is 0 Å². The normalized spacial score (nSPS) is 11.6.